The fourth-order valence-electron chi connectivity index (χ4n) is 9.28. The average Bonchev–Trinajstić information content (AvgIpc) is 3.13. The minimum absolute atomic E-state index is 0.113. The molecule has 0 aromatic rings. The summed E-state index contributed by atoms with van der Waals surface area (Å²) in [6, 6.07) is 0. The molecule has 4 saturated carbocycles. The first-order valence-corrected chi connectivity index (χ1v) is 13.8. The van der Waals surface area contributed by atoms with Crippen molar-refractivity contribution in [2.75, 3.05) is 13.2 Å². The van der Waals surface area contributed by atoms with Crippen molar-refractivity contribution in [3.8, 4) is 0 Å². The van der Waals surface area contributed by atoms with E-state index in [1.807, 2.05) is 6.92 Å². The van der Waals surface area contributed by atoms with Crippen molar-refractivity contribution in [2.45, 2.75) is 111 Å². The van der Waals surface area contributed by atoms with Crippen LogP contribution in [0.5, 0.6) is 0 Å². The lowest BCUT2D eigenvalue weighted by Crippen LogP contribution is -2.62. The highest BCUT2D eigenvalue weighted by Crippen LogP contribution is 2.68. The number of ether oxygens (including phenoxy) is 2. The van der Waals surface area contributed by atoms with Crippen LogP contribution >= 0.6 is 0 Å². The van der Waals surface area contributed by atoms with Crippen LogP contribution in [0.1, 0.15) is 92.4 Å². The largest absolute Gasteiger partial charge is 0.466 e. The molecule has 0 heterocycles. The molecule has 0 aromatic heterocycles. The van der Waals surface area contributed by atoms with Crippen LogP contribution in [0.3, 0.4) is 0 Å². The van der Waals surface area contributed by atoms with Crippen LogP contribution in [-0.4, -0.2) is 47.7 Å². The molecule has 11 atom stereocenters. The molecule has 33 heavy (non-hydrogen) atoms. The van der Waals surface area contributed by atoms with E-state index in [2.05, 4.69) is 27.7 Å². The van der Waals surface area contributed by atoms with Crippen molar-refractivity contribution in [2.24, 2.45) is 46.3 Å². The van der Waals surface area contributed by atoms with E-state index in [1.165, 1.54) is 0 Å². The summed E-state index contributed by atoms with van der Waals surface area (Å²) >= 11 is 0. The first-order chi connectivity index (χ1) is 15.7. The Labute approximate surface area is 201 Å². The number of carbonyl (C=O) groups excluding carboxylic acids is 1. The summed E-state index contributed by atoms with van der Waals surface area (Å²) in [5, 5.41) is 23.2. The first kappa shape index (κ1) is 25.4. The lowest BCUT2D eigenvalue weighted by molar-refractivity contribution is -0.209. The van der Waals surface area contributed by atoms with Gasteiger partial charge in [-0.1, -0.05) is 20.8 Å². The summed E-state index contributed by atoms with van der Waals surface area (Å²) < 4.78 is 11.1. The van der Waals surface area contributed by atoms with Crippen molar-refractivity contribution in [1.29, 1.82) is 0 Å². The molecule has 5 heteroatoms. The van der Waals surface area contributed by atoms with Gasteiger partial charge in [0.15, 0.2) is 0 Å². The highest BCUT2D eigenvalue weighted by Gasteiger charge is 2.65. The van der Waals surface area contributed by atoms with Gasteiger partial charge in [-0.2, -0.15) is 0 Å². The number of carbonyl (C=O) groups is 1. The molecule has 0 amide bonds. The monoisotopic (exact) mass is 464 g/mol. The van der Waals surface area contributed by atoms with Crippen molar-refractivity contribution in [3.05, 3.63) is 0 Å². The van der Waals surface area contributed by atoms with E-state index >= 15 is 0 Å². The van der Waals surface area contributed by atoms with Crippen LogP contribution in [0.2, 0.25) is 0 Å². The standard InChI is InChI=1S/C28H48O5/c1-6-32-19-12-13-27(4)18(14-19)15-23(29)26-21-10-9-20(17(3)8-11-25(31)33-7-2)28(21,5)24(30)16-22(26)27/h17-24,26,29-30H,6-16H2,1-5H3/t17-,18?,19-,20-,21?,22?,23-,24+,26?,27+,28-/m1/s1. The van der Waals surface area contributed by atoms with Gasteiger partial charge in [0.1, 0.15) is 0 Å². The fraction of sp³-hybridized carbons (Fsp3) is 0.964. The van der Waals surface area contributed by atoms with Crippen LogP contribution in [0, 0.1) is 46.3 Å². The molecule has 2 N–H and O–H groups in total. The quantitative estimate of drug-likeness (QED) is 0.520. The van der Waals surface area contributed by atoms with E-state index < -0.39 is 0 Å². The average molecular weight is 465 g/mol. The van der Waals surface area contributed by atoms with Gasteiger partial charge >= 0.3 is 5.97 Å². The normalized spacial score (nSPS) is 47.8. The number of esters is 1. The third kappa shape index (κ3) is 4.29. The van der Waals surface area contributed by atoms with Gasteiger partial charge < -0.3 is 19.7 Å². The van der Waals surface area contributed by atoms with Gasteiger partial charge in [0.25, 0.3) is 0 Å². The maximum atomic E-state index is 11.9. The van der Waals surface area contributed by atoms with Crippen molar-refractivity contribution in [3.63, 3.8) is 0 Å². The van der Waals surface area contributed by atoms with Crippen LogP contribution < -0.4 is 0 Å². The van der Waals surface area contributed by atoms with Gasteiger partial charge in [0, 0.05) is 13.0 Å². The van der Waals surface area contributed by atoms with Gasteiger partial charge in [-0.05, 0) is 112 Å². The maximum Gasteiger partial charge on any atom is 0.305 e. The summed E-state index contributed by atoms with van der Waals surface area (Å²) in [4.78, 5) is 11.9. The molecule has 4 aliphatic carbocycles. The molecule has 0 aromatic carbocycles. The maximum absolute atomic E-state index is 11.9. The van der Waals surface area contributed by atoms with Crippen LogP contribution in [0.4, 0.5) is 0 Å². The summed E-state index contributed by atoms with van der Waals surface area (Å²) in [6.07, 6.45) is 8.14. The topological polar surface area (TPSA) is 76.0 Å². The summed E-state index contributed by atoms with van der Waals surface area (Å²) in [5.74, 6) is 2.15. The van der Waals surface area contributed by atoms with Gasteiger partial charge in [-0.15, -0.1) is 0 Å². The number of aliphatic hydroxyl groups excluding tert-OH is 2. The zero-order valence-electron chi connectivity index (χ0n) is 21.6. The molecular weight excluding hydrogens is 416 g/mol. The Balaban J connectivity index is 1.52. The number of hydrogen-bond donors (Lipinski definition) is 2. The summed E-state index contributed by atoms with van der Waals surface area (Å²) in [7, 11) is 0. The Morgan fingerprint density at radius 2 is 1.79 bits per heavy atom. The smallest absolute Gasteiger partial charge is 0.305 e. The predicted molar refractivity (Wildman–Crippen MR) is 128 cm³/mol. The molecule has 4 rings (SSSR count). The van der Waals surface area contributed by atoms with E-state index in [0.717, 1.165) is 58.0 Å². The second kappa shape index (κ2) is 9.78. The van der Waals surface area contributed by atoms with E-state index in [9.17, 15) is 15.0 Å². The Morgan fingerprint density at radius 1 is 1.03 bits per heavy atom. The lowest BCUT2D eigenvalue weighted by atomic mass is 9.43. The molecule has 0 radical (unpaired) electrons. The third-order valence-electron chi connectivity index (χ3n) is 11.0. The molecule has 4 unspecified atom stereocenters. The van der Waals surface area contributed by atoms with Crippen LogP contribution in [0.15, 0.2) is 0 Å². The highest BCUT2D eigenvalue weighted by atomic mass is 16.5. The van der Waals surface area contributed by atoms with E-state index in [-0.39, 0.29) is 34.9 Å². The second-order valence-electron chi connectivity index (χ2n) is 12.3. The van der Waals surface area contributed by atoms with E-state index in [4.69, 9.17) is 9.47 Å². The van der Waals surface area contributed by atoms with Crippen molar-refractivity contribution < 1.29 is 24.5 Å². The second-order valence-corrected chi connectivity index (χ2v) is 12.3. The molecule has 4 aliphatic rings. The Bertz CT molecular complexity index is 696. The molecule has 0 saturated heterocycles. The number of fused-ring (bicyclic) bond motifs is 5. The van der Waals surface area contributed by atoms with Gasteiger partial charge in [0.2, 0.25) is 0 Å². The van der Waals surface area contributed by atoms with Gasteiger partial charge in [-0.3, -0.25) is 4.79 Å². The Morgan fingerprint density at radius 3 is 2.48 bits per heavy atom. The molecule has 190 valence electrons. The zero-order valence-corrected chi connectivity index (χ0v) is 21.6. The fourth-order valence-corrected chi connectivity index (χ4v) is 9.28. The minimum Gasteiger partial charge on any atom is -0.466 e. The van der Waals surface area contributed by atoms with Crippen molar-refractivity contribution >= 4 is 5.97 Å². The van der Waals surface area contributed by atoms with Gasteiger partial charge in [-0.25, -0.2) is 0 Å². The van der Waals surface area contributed by atoms with Crippen LogP contribution in [-0.2, 0) is 14.3 Å². The minimum atomic E-state index is -0.339. The Kier molecular flexibility index (Phi) is 7.54. The summed E-state index contributed by atoms with van der Waals surface area (Å²) in [6.45, 7) is 12.1. The molecular formula is C28H48O5. The molecule has 0 spiro atoms. The van der Waals surface area contributed by atoms with Crippen molar-refractivity contribution in [1.82, 2.24) is 0 Å². The SMILES string of the molecule is CCOC(=O)CC[C@@H](C)[C@H]1CCC2C3C(C[C@H](O)[C@@]21C)[C@@]1(C)CC[C@@H](OCC)CC1C[C@H]3O. The van der Waals surface area contributed by atoms with Crippen LogP contribution in [0.25, 0.3) is 0 Å². The first-order valence-electron chi connectivity index (χ1n) is 13.8. The summed E-state index contributed by atoms with van der Waals surface area (Å²) in [5.41, 5.74) is 0.00929. The molecule has 5 nitrogen and oxygen atoms in total. The molecule has 0 bridgehead atoms. The highest BCUT2D eigenvalue weighted by molar-refractivity contribution is 5.69. The number of aliphatic hydroxyl groups is 2. The number of hydrogen-bond acceptors (Lipinski definition) is 5. The lowest BCUT2D eigenvalue weighted by Gasteiger charge is -2.63. The van der Waals surface area contributed by atoms with E-state index in [0.29, 0.717) is 48.7 Å². The Hall–Kier alpha value is -0.650. The zero-order chi connectivity index (χ0) is 24.0. The molecule has 4 fully saturated rings. The predicted octanol–water partition coefficient (Wildman–Crippen LogP) is 4.97. The third-order valence-corrected chi connectivity index (χ3v) is 11.0. The molecule has 0 aliphatic heterocycles. The van der Waals surface area contributed by atoms with E-state index in [1.54, 1.807) is 0 Å². The number of rotatable bonds is 7. The van der Waals surface area contributed by atoms with Gasteiger partial charge in [0.05, 0.1) is 24.9 Å².